The van der Waals surface area contributed by atoms with Crippen molar-refractivity contribution in [3.8, 4) is 0 Å². The first-order chi connectivity index (χ1) is 14.1. The van der Waals surface area contributed by atoms with Crippen LogP contribution in [0.1, 0.15) is 25.3 Å². The van der Waals surface area contributed by atoms with E-state index >= 15 is 0 Å². The smallest absolute Gasteiger partial charge is 0.209 e. The molecule has 0 radical (unpaired) electrons. The SMILES string of the molecule is CC(C)c1ccc(Nc2nn(CN3CCN(c4ccccc4)CC3)c(=S)s2)cc1. The minimum Gasteiger partial charge on any atom is -0.369 e. The molecule has 0 bridgehead atoms. The molecule has 0 amide bonds. The van der Waals surface area contributed by atoms with Gasteiger partial charge in [0, 0.05) is 37.6 Å². The Morgan fingerprint density at radius 3 is 2.34 bits per heavy atom. The average molecular weight is 426 g/mol. The van der Waals surface area contributed by atoms with E-state index in [2.05, 4.69) is 83.6 Å². The zero-order chi connectivity index (χ0) is 20.2. The molecule has 152 valence electrons. The summed E-state index contributed by atoms with van der Waals surface area (Å²) in [6.45, 7) is 9.21. The molecule has 0 aliphatic carbocycles. The zero-order valence-electron chi connectivity index (χ0n) is 16.9. The number of benzene rings is 2. The van der Waals surface area contributed by atoms with Crippen molar-refractivity contribution in [1.29, 1.82) is 0 Å². The molecule has 0 unspecified atom stereocenters. The van der Waals surface area contributed by atoms with Crippen molar-refractivity contribution < 1.29 is 0 Å². The quantitative estimate of drug-likeness (QED) is 0.541. The van der Waals surface area contributed by atoms with Crippen LogP contribution in [0.4, 0.5) is 16.5 Å². The third-order valence-electron chi connectivity index (χ3n) is 5.26. The maximum atomic E-state index is 5.55. The van der Waals surface area contributed by atoms with Crippen LogP contribution >= 0.6 is 23.6 Å². The highest BCUT2D eigenvalue weighted by Gasteiger charge is 2.18. The van der Waals surface area contributed by atoms with Crippen molar-refractivity contribution in [1.82, 2.24) is 14.7 Å². The highest BCUT2D eigenvalue weighted by atomic mass is 32.1. The standard InChI is InChI=1S/C22H27N5S2/c1-17(2)18-8-10-19(11-9-18)23-21-24-27(22(28)29-21)16-25-12-14-26(15-13-25)20-6-4-3-5-7-20/h3-11,17H,12-16H2,1-2H3,(H,23,24). The third kappa shape index (κ3) is 5.04. The molecule has 7 heteroatoms. The van der Waals surface area contributed by atoms with Crippen LogP contribution in [0.5, 0.6) is 0 Å². The lowest BCUT2D eigenvalue weighted by atomic mass is 10.0. The summed E-state index contributed by atoms with van der Waals surface area (Å²) in [6, 6.07) is 19.1. The number of para-hydroxylation sites is 1. The van der Waals surface area contributed by atoms with Crippen LogP contribution in [0, 0.1) is 3.95 Å². The van der Waals surface area contributed by atoms with E-state index in [-0.39, 0.29) is 0 Å². The van der Waals surface area contributed by atoms with E-state index < -0.39 is 0 Å². The van der Waals surface area contributed by atoms with Gasteiger partial charge in [-0.15, -0.1) is 5.10 Å². The molecule has 0 atom stereocenters. The first-order valence-corrected chi connectivity index (χ1v) is 11.3. The molecule has 1 aliphatic heterocycles. The van der Waals surface area contributed by atoms with Crippen LogP contribution in [-0.2, 0) is 6.67 Å². The van der Waals surface area contributed by atoms with Gasteiger partial charge >= 0.3 is 0 Å². The molecule has 5 nitrogen and oxygen atoms in total. The van der Waals surface area contributed by atoms with Gasteiger partial charge < -0.3 is 10.2 Å². The van der Waals surface area contributed by atoms with Crippen LogP contribution in [0.25, 0.3) is 0 Å². The summed E-state index contributed by atoms with van der Waals surface area (Å²) >= 11 is 7.08. The Morgan fingerprint density at radius 1 is 1.00 bits per heavy atom. The zero-order valence-corrected chi connectivity index (χ0v) is 18.5. The number of anilines is 3. The number of rotatable bonds is 6. The van der Waals surface area contributed by atoms with Crippen molar-refractivity contribution in [3.63, 3.8) is 0 Å². The second-order valence-corrected chi connectivity index (χ2v) is 9.28. The molecule has 1 aliphatic rings. The van der Waals surface area contributed by atoms with E-state index in [0.717, 1.165) is 47.6 Å². The largest absolute Gasteiger partial charge is 0.369 e. The Labute approximate surface area is 181 Å². The van der Waals surface area contributed by atoms with Gasteiger partial charge in [-0.2, -0.15) is 0 Å². The van der Waals surface area contributed by atoms with Crippen molar-refractivity contribution >= 4 is 40.1 Å². The Hall–Kier alpha value is -2.22. The first kappa shape index (κ1) is 20.1. The van der Waals surface area contributed by atoms with Gasteiger partial charge in [-0.1, -0.05) is 55.5 Å². The third-order valence-corrected chi connectivity index (χ3v) is 6.49. The van der Waals surface area contributed by atoms with Crippen molar-refractivity contribution in [2.45, 2.75) is 26.4 Å². The van der Waals surface area contributed by atoms with Gasteiger partial charge in [-0.3, -0.25) is 4.90 Å². The topological polar surface area (TPSA) is 36.3 Å². The Kier molecular flexibility index (Phi) is 6.28. The number of aromatic nitrogens is 2. The maximum Gasteiger partial charge on any atom is 0.209 e. The molecule has 0 spiro atoms. The predicted octanol–water partition coefficient (Wildman–Crippen LogP) is 5.32. The molecule has 1 fully saturated rings. The van der Waals surface area contributed by atoms with Gasteiger partial charge in [0.1, 0.15) is 0 Å². The van der Waals surface area contributed by atoms with E-state index in [9.17, 15) is 0 Å². The molecule has 1 N–H and O–H groups in total. The lowest BCUT2D eigenvalue weighted by Crippen LogP contribution is -2.46. The summed E-state index contributed by atoms with van der Waals surface area (Å²) < 4.78 is 2.74. The van der Waals surface area contributed by atoms with Gasteiger partial charge in [-0.25, -0.2) is 4.68 Å². The number of hydrogen-bond acceptors (Lipinski definition) is 6. The van der Waals surface area contributed by atoms with Gasteiger partial charge in [0.15, 0.2) is 3.95 Å². The maximum absolute atomic E-state index is 5.55. The molecule has 1 saturated heterocycles. The fraction of sp³-hybridized carbons (Fsp3) is 0.364. The monoisotopic (exact) mass is 425 g/mol. The van der Waals surface area contributed by atoms with Crippen molar-refractivity contribution in [2.24, 2.45) is 0 Å². The molecule has 29 heavy (non-hydrogen) atoms. The van der Waals surface area contributed by atoms with Gasteiger partial charge in [0.2, 0.25) is 5.13 Å². The summed E-state index contributed by atoms with van der Waals surface area (Å²) in [7, 11) is 0. The Morgan fingerprint density at radius 2 is 1.69 bits per heavy atom. The lowest BCUT2D eigenvalue weighted by molar-refractivity contribution is 0.195. The molecule has 0 saturated carbocycles. The summed E-state index contributed by atoms with van der Waals surface area (Å²) in [4.78, 5) is 4.85. The number of nitrogens with one attached hydrogen (secondary N) is 1. The molecule has 3 aromatic rings. The Balaban J connectivity index is 1.34. The molecule has 1 aromatic heterocycles. The Bertz CT molecular complexity index is 970. The van der Waals surface area contributed by atoms with Gasteiger partial charge in [0.25, 0.3) is 0 Å². The fourth-order valence-corrected chi connectivity index (χ4v) is 4.51. The van der Waals surface area contributed by atoms with Gasteiger partial charge in [-0.05, 0) is 48.0 Å². The van der Waals surface area contributed by atoms with Crippen molar-refractivity contribution in [3.05, 3.63) is 64.1 Å². The molecular formula is C22H27N5S2. The second-order valence-electron chi connectivity index (χ2n) is 7.66. The minimum absolute atomic E-state index is 0.535. The van der Waals surface area contributed by atoms with Crippen LogP contribution in [-0.4, -0.2) is 40.9 Å². The second kappa shape index (κ2) is 9.07. The molecule has 2 aromatic carbocycles. The highest BCUT2D eigenvalue weighted by Crippen LogP contribution is 2.23. The molecular weight excluding hydrogens is 398 g/mol. The number of hydrogen-bond donors (Lipinski definition) is 1. The predicted molar refractivity (Wildman–Crippen MR) is 125 cm³/mol. The van der Waals surface area contributed by atoms with Gasteiger partial charge in [0.05, 0.1) is 6.67 Å². The highest BCUT2D eigenvalue weighted by molar-refractivity contribution is 7.73. The summed E-state index contributed by atoms with van der Waals surface area (Å²) in [5, 5.41) is 8.93. The van der Waals surface area contributed by atoms with E-state index in [1.807, 2.05) is 4.68 Å². The fourth-order valence-electron chi connectivity index (χ4n) is 3.50. The average Bonchev–Trinajstić information content (AvgIpc) is 3.08. The summed E-state index contributed by atoms with van der Waals surface area (Å²) in [6.07, 6.45) is 0. The normalized spacial score (nSPS) is 15.1. The van der Waals surface area contributed by atoms with Crippen LogP contribution in [0.2, 0.25) is 0 Å². The molecule has 4 rings (SSSR count). The van der Waals surface area contributed by atoms with E-state index in [1.165, 1.54) is 22.6 Å². The lowest BCUT2D eigenvalue weighted by Gasteiger charge is -2.35. The van der Waals surface area contributed by atoms with E-state index in [4.69, 9.17) is 17.3 Å². The van der Waals surface area contributed by atoms with Crippen LogP contribution in [0.15, 0.2) is 54.6 Å². The van der Waals surface area contributed by atoms with Crippen LogP contribution in [0.3, 0.4) is 0 Å². The summed E-state index contributed by atoms with van der Waals surface area (Å²) in [5.41, 5.74) is 3.68. The number of nitrogens with zero attached hydrogens (tertiary/aromatic N) is 4. The first-order valence-electron chi connectivity index (χ1n) is 10.1. The van der Waals surface area contributed by atoms with E-state index in [1.54, 1.807) is 0 Å². The minimum atomic E-state index is 0.535. The molecule has 2 heterocycles. The number of piperazine rings is 1. The van der Waals surface area contributed by atoms with Crippen molar-refractivity contribution in [2.75, 3.05) is 36.4 Å². The summed E-state index contributed by atoms with van der Waals surface area (Å²) in [5.74, 6) is 0.535. The van der Waals surface area contributed by atoms with E-state index in [0.29, 0.717) is 5.92 Å². The van der Waals surface area contributed by atoms with Crippen LogP contribution < -0.4 is 10.2 Å².